The maximum absolute atomic E-state index is 13.0. The number of carbonyl (C=O) groups is 1. The Balaban J connectivity index is 2.01. The zero-order chi connectivity index (χ0) is 13.9. The molecule has 0 radical (unpaired) electrons. The van der Waals surface area contributed by atoms with Gasteiger partial charge in [-0.05, 0) is 18.4 Å². The van der Waals surface area contributed by atoms with E-state index in [9.17, 15) is 18.0 Å². The van der Waals surface area contributed by atoms with Crippen LogP contribution in [0.5, 0.6) is 0 Å². The van der Waals surface area contributed by atoms with Crippen molar-refractivity contribution in [3.63, 3.8) is 0 Å². The van der Waals surface area contributed by atoms with Gasteiger partial charge in [0.05, 0.1) is 0 Å². The highest BCUT2D eigenvalue weighted by Gasteiger charge is 2.45. The number of halogens is 3. The van der Waals surface area contributed by atoms with E-state index in [1.165, 1.54) is 0 Å². The standard InChI is InChI=1S/C13H15F3N2O/c14-13(15,16)11(18-9-8-12(19)17-18)7-6-10-4-2-1-3-5-10/h1-5,11H,6-9H2,(H,17,19). The minimum absolute atomic E-state index is 0.0617. The second kappa shape index (κ2) is 5.61. The van der Waals surface area contributed by atoms with Crippen LogP contribution in [0, 0.1) is 0 Å². The van der Waals surface area contributed by atoms with Gasteiger partial charge in [-0.25, -0.2) is 5.01 Å². The van der Waals surface area contributed by atoms with Crippen molar-refractivity contribution in [1.29, 1.82) is 0 Å². The van der Waals surface area contributed by atoms with E-state index in [2.05, 4.69) is 5.43 Å². The predicted octanol–water partition coefficient (Wildman–Crippen LogP) is 2.29. The second-order valence-corrected chi connectivity index (χ2v) is 4.56. The fourth-order valence-electron chi connectivity index (χ4n) is 2.17. The lowest BCUT2D eigenvalue weighted by Gasteiger charge is -2.28. The van der Waals surface area contributed by atoms with Crippen molar-refractivity contribution in [2.75, 3.05) is 6.54 Å². The molecule has 0 spiro atoms. The van der Waals surface area contributed by atoms with Gasteiger partial charge in [-0.2, -0.15) is 13.2 Å². The summed E-state index contributed by atoms with van der Waals surface area (Å²) in [5.41, 5.74) is 3.13. The van der Waals surface area contributed by atoms with Gasteiger partial charge in [-0.1, -0.05) is 30.3 Å². The van der Waals surface area contributed by atoms with Gasteiger partial charge in [0, 0.05) is 13.0 Å². The summed E-state index contributed by atoms with van der Waals surface area (Å²) in [4.78, 5) is 11.0. The highest BCUT2D eigenvalue weighted by atomic mass is 19.4. The number of carbonyl (C=O) groups excluding carboxylic acids is 1. The van der Waals surface area contributed by atoms with Crippen molar-refractivity contribution in [2.45, 2.75) is 31.5 Å². The lowest BCUT2D eigenvalue weighted by Crippen LogP contribution is -2.50. The molecule has 104 valence electrons. The lowest BCUT2D eigenvalue weighted by molar-refractivity contribution is -0.189. The number of hydrogen-bond donors (Lipinski definition) is 1. The first-order valence-electron chi connectivity index (χ1n) is 6.13. The van der Waals surface area contributed by atoms with Crippen LogP contribution >= 0.6 is 0 Å². The van der Waals surface area contributed by atoms with Crippen LogP contribution < -0.4 is 5.43 Å². The molecule has 6 heteroatoms. The number of aryl methyl sites for hydroxylation is 1. The number of nitrogens with one attached hydrogen (secondary N) is 1. The number of nitrogens with zero attached hydrogens (tertiary/aromatic N) is 1. The van der Waals surface area contributed by atoms with Crippen molar-refractivity contribution < 1.29 is 18.0 Å². The molecule has 1 heterocycles. The summed E-state index contributed by atoms with van der Waals surface area (Å²) < 4.78 is 39.0. The Morgan fingerprint density at radius 3 is 2.47 bits per heavy atom. The molecule has 0 bridgehead atoms. The third-order valence-corrected chi connectivity index (χ3v) is 3.15. The zero-order valence-electron chi connectivity index (χ0n) is 10.3. The van der Waals surface area contributed by atoms with Gasteiger partial charge >= 0.3 is 6.18 Å². The molecule has 1 aromatic carbocycles. The summed E-state index contributed by atoms with van der Waals surface area (Å²) in [6.45, 7) is 0.109. The average molecular weight is 272 g/mol. The molecule has 0 aliphatic carbocycles. The molecule has 3 nitrogen and oxygen atoms in total. The Hall–Kier alpha value is -1.56. The largest absolute Gasteiger partial charge is 0.405 e. The van der Waals surface area contributed by atoms with Gasteiger partial charge in [0.15, 0.2) is 0 Å². The Kier molecular flexibility index (Phi) is 4.09. The molecule has 1 atom stereocenters. The molecule has 1 aliphatic rings. The van der Waals surface area contributed by atoms with E-state index in [-0.39, 0.29) is 25.3 Å². The van der Waals surface area contributed by atoms with Crippen molar-refractivity contribution in [2.24, 2.45) is 0 Å². The molecule has 1 N–H and O–H groups in total. The molecule has 1 aliphatic heterocycles. The van der Waals surface area contributed by atoms with Crippen molar-refractivity contribution in [3.8, 4) is 0 Å². The van der Waals surface area contributed by atoms with E-state index in [0.717, 1.165) is 10.6 Å². The average Bonchev–Trinajstić information content (AvgIpc) is 2.75. The smallest absolute Gasteiger partial charge is 0.288 e. The molecule has 1 aromatic rings. The van der Waals surface area contributed by atoms with Gasteiger partial charge in [-0.15, -0.1) is 0 Å². The summed E-state index contributed by atoms with van der Waals surface area (Å²) in [6, 6.07) is 7.40. The molecular formula is C13H15F3N2O. The lowest BCUT2D eigenvalue weighted by atomic mass is 10.0. The van der Waals surface area contributed by atoms with Crippen molar-refractivity contribution in [3.05, 3.63) is 35.9 Å². The maximum Gasteiger partial charge on any atom is 0.405 e. The Labute approximate surface area is 109 Å². The minimum atomic E-state index is -4.34. The van der Waals surface area contributed by atoms with E-state index in [1.54, 1.807) is 24.3 Å². The fourth-order valence-corrected chi connectivity index (χ4v) is 2.17. The topological polar surface area (TPSA) is 32.3 Å². The SMILES string of the molecule is O=C1CCN(C(CCc2ccccc2)C(F)(F)F)N1. The summed E-state index contributed by atoms with van der Waals surface area (Å²) in [6.07, 6.45) is -3.95. The number of rotatable bonds is 4. The molecule has 0 saturated carbocycles. The van der Waals surface area contributed by atoms with Gasteiger partial charge < -0.3 is 0 Å². The quantitative estimate of drug-likeness (QED) is 0.912. The molecular weight excluding hydrogens is 257 g/mol. The number of alkyl halides is 3. The first-order valence-corrected chi connectivity index (χ1v) is 6.13. The van der Waals surface area contributed by atoms with Crippen LogP contribution in [0.1, 0.15) is 18.4 Å². The fraction of sp³-hybridized carbons (Fsp3) is 0.462. The highest BCUT2D eigenvalue weighted by molar-refractivity contribution is 5.77. The molecule has 1 saturated heterocycles. The van der Waals surface area contributed by atoms with Crippen LogP contribution in [0.25, 0.3) is 0 Å². The summed E-state index contributed by atoms with van der Waals surface area (Å²) in [7, 11) is 0. The number of hydrogen-bond acceptors (Lipinski definition) is 2. The van der Waals surface area contributed by atoms with Crippen LogP contribution in [0.2, 0.25) is 0 Å². The molecule has 2 rings (SSSR count). The highest BCUT2D eigenvalue weighted by Crippen LogP contribution is 2.28. The molecule has 19 heavy (non-hydrogen) atoms. The maximum atomic E-state index is 13.0. The summed E-state index contributed by atoms with van der Waals surface area (Å²) in [5, 5.41) is 1.01. The van der Waals surface area contributed by atoms with Crippen LogP contribution in [-0.4, -0.2) is 29.7 Å². The molecule has 1 fully saturated rings. The van der Waals surface area contributed by atoms with Gasteiger partial charge in [0.2, 0.25) is 5.91 Å². The van der Waals surface area contributed by atoms with Crippen LogP contribution in [0.15, 0.2) is 30.3 Å². The Morgan fingerprint density at radius 2 is 1.95 bits per heavy atom. The first kappa shape index (κ1) is 13.9. The summed E-state index contributed by atoms with van der Waals surface area (Å²) in [5.74, 6) is -0.353. The van der Waals surface area contributed by atoms with E-state index in [4.69, 9.17) is 0 Å². The normalized spacial score (nSPS) is 18.4. The molecule has 0 aromatic heterocycles. The van der Waals surface area contributed by atoms with Crippen LogP contribution in [0.3, 0.4) is 0 Å². The second-order valence-electron chi connectivity index (χ2n) is 4.56. The Bertz CT molecular complexity index is 433. The number of hydrazine groups is 1. The van der Waals surface area contributed by atoms with E-state index in [1.807, 2.05) is 6.07 Å². The van der Waals surface area contributed by atoms with Crippen molar-refractivity contribution in [1.82, 2.24) is 10.4 Å². The van der Waals surface area contributed by atoms with E-state index in [0.29, 0.717) is 6.42 Å². The minimum Gasteiger partial charge on any atom is -0.288 e. The monoisotopic (exact) mass is 272 g/mol. The number of amides is 1. The summed E-state index contributed by atoms with van der Waals surface area (Å²) >= 11 is 0. The first-order chi connectivity index (χ1) is 8.97. The van der Waals surface area contributed by atoms with E-state index < -0.39 is 12.2 Å². The van der Waals surface area contributed by atoms with Crippen molar-refractivity contribution >= 4 is 5.91 Å². The van der Waals surface area contributed by atoms with Gasteiger partial charge in [-0.3, -0.25) is 10.2 Å². The zero-order valence-corrected chi connectivity index (χ0v) is 10.3. The Morgan fingerprint density at radius 1 is 1.26 bits per heavy atom. The van der Waals surface area contributed by atoms with Crippen LogP contribution in [-0.2, 0) is 11.2 Å². The van der Waals surface area contributed by atoms with Gasteiger partial charge in [0.25, 0.3) is 0 Å². The predicted molar refractivity (Wildman–Crippen MR) is 64.1 cm³/mol. The molecule has 1 amide bonds. The third-order valence-electron chi connectivity index (χ3n) is 3.15. The van der Waals surface area contributed by atoms with Crippen LogP contribution in [0.4, 0.5) is 13.2 Å². The van der Waals surface area contributed by atoms with Gasteiger partial charge in [0.1, 0.15) is 6.04 Å². The third kappa shape index (κ3) is 3.70. The van der Waals surface area contributed by atoms with E-state index >= 15 is 0 Å². The number of benzene rings is 1. The molecule has 1 unspecified atom stereocenters.